The highest BCUT2D eigenvalue weighted by atomic mass is 32.1. The molecule has 0 radical (unpaired) electrons. The third-order valence-corrected chi connectivity index (χ3v) is 3.12. The minimum absolute atomic E-state index is 0.270. The van der Waals surface area contributed by atoms with E-state index in [2.05, 4.69) is 20.4 Å². The summed E-state index contributed by atoms with van der Waals surface area (Å²) in [5, 5.41) is 10.2. The molecule has 0 aliphatic rings. The van der Waals surface area contributed by atoms with Crippen molar-refractivity contribution in [2.75, 3.05) is 11.1 Å². The lowest BCUT2D eigenvalue weighted by Crippen LogP contribution is -1.99. The normalized spacial score (nSPS) is 10.9. The van der Waals surface area contributed by atoms with E-state index >= 15 is 0 Å². The number of aromatic nitrogens is 4. The smallest absolute Gasteiger partial charge is 0.223 e. The minimum Gasteiger partial charge on any atom is -0.368 e. The van der Waals surface area contributed by atoms with Gasteiger partial charge in [-0.1, -0.05) is 0 Å². The van der Waals surface area contributed by atoms with Gasteiger partial charge in [-0.2, -0.15) is 10.1 Å². The molecule has 3 heterocycles. The lowest BCUT2D eigenvalue weighted by molar-refractivity contribution is 0.768. The van der Waals surface area contributed by atoms with E-state index in [0.29, 0.717) is 5.82 Å². The molecule has 0 saturated heterocycles. The van der Waals surface area contributed by atoms with Gasteiger partial charge in [0.25, 0.3) is 0 Å². The Morgan fingerprint density at radius 3 is 3.06 bits per heavy atom. The zero-order chi connectivity index (χ0) is 11.8. The number of nitrogens with two attached hydrogens (primary N) is 1. The van der Waals surface area contributed by atoms with Crippen molar-refractivity contribution in [3.63, 3.8) is 0 Å². The van der Waals surface area contributed by atoms with Crippen LogP contribution in [-0.2, 0) is 7.05 Å². The zero-order valence-corrected chi connectivity index (χ0v) is 9.90. The van der Waals surface area contributed by atoms with Gasteiger partial charge in [-0.3, -0.25) is 4.68 Å². The van der Waals surface area contributed by atoms with Gasteiger partial charge in [0, 0.05) is 13.2 Å². The number of hydrogen-bond donors (Lipinski definition) is 2. The molecule has 0 spiro atoms. The molecule has 6 nitrogen and oxygen atoms in total. The lowest BCUT2D eigenvalue weighted by Gasteiger charge is -2.04. The minimum atomic E-state index is 0.270. The van der Waals surface area contributed by atoms with Crippen molar-refractivity contribution in [2.45, 2.75) is 0 Å². The van der Waals surface area contributed by atoms with Gasteiger partial charge in [0.15, 0.2) is 0 Å². The molecule has 7 heteroatoms. The third kappa shape index (κ3) is 1.80. The number of fused-ring (bicyclic) bond motifs is 1. The topological polar surface area (TPSA) is 81.7 Å². The average Bonchev–Trinajstić information content (AvgIpc) is 2.87. The van der Waals surface area contributed by atoms with E-state index in [1.807, 2.05) is 24.7 Å². The van der Waals surface area contributed by atoms with Gasteiger partial charge in [0.1, 0.15) is 10.6 Å². The molecule has 0 aromatic carbocycles. The van der Waals surface area contributed by atoms with E-state index in [9.17, 15) is 0 Å². The van der Waals surface area contributed by atoms with Crippen molar-refractivity contribution >= 4 is 39.0 Å². The maximum atomic E-state index is 5.67. The largest absolute Gasteiger partial charge is 0.368 e. The van der Waals surface area contributed by atoms with Crippen LogP contribution in [0.25, 0.3) is 10.2 Å². The second-order valence-electron chi connectivity index (χ2n) is 3.60. The number of thiophene rings is 1. The molecule has 0 bridgehead atoms. The van der Waals surface area contributed by atoms with Crippen molar-refractivity contribution in [3.05, 3.63) is 23.8 Å². The van der Waals surface area contributed by atoms with Crippen molar-refractivity contribution in [1.82, 2.24) is 19.7 Å². The van der Waals surface area contributed by atoms with Crippen LogP contribution in [0.15, 0.2) is 23.8 Å². The van der Waals surface area contributed by atoms with Gasteiger partial charge in [-0.25, -0.2) is 4.98 Å². The quantitative estimate of drug-likeness (QED) is 0.720. The Balaban J connectivity index is 2.07. The van der Waals surface area contributed by atoms with Crippen LogP contribution in [0, 0.1) is 0 Å². The summed E-state index contributed by atoms with van der Waals surface area (Å²) in [6.07, 6.45) is 3.60. The van der Waals surface area contributed by atoms with Crippen LogP contribution < -0.4 is 11.1 Å². The maximum absolute atomic E-state index is 5.67. The first-order valence-electron chi connectivity index (χ1n) is 4.99. The number of nitrogens with one attached hydrogen (secondary N) is 1. The summed E-state index contributed by atoms with van der Waals surface area (Å²) in [6.45, 7) is 0. The second-order valence-corrected chi connectivity index (χ2v) is 4.49. The Labute approximate surface area is 101 Å². The number of nitrogens with zero attached hydrogens (tertiary/aromatic N) is 4. The summed E-state index contributed by atoms with van der Waals surface area (Å²) < 4.78 is 1.72. The molecule has 0 amide bonds. The van der Waals surface area contributed by atoms with Crippen LogP contribution in [0.2, 0.25) is 0 Å². The fraction of sp³-hybridized carbons (Fsp3) is 0.100. The molecule has 0 aliphatic carbocycles. The number of aryl methyl sites for hydroxylation is 1. The Morgan fingerprint density at radius 2 is 2.29 bits per heavy atom. The summed E-state index contributed by atoms with van der Waals surface area (Å²) in [6, 6.07) is 1.97. The van der Waals surface area contributed by atoms with Gasteiger partial charge >= 0.3 is 0 Å². The molecule has 0 atom stereocenters. The van der Waals surface area contributed by atoms with E-state index in [-0.39, 0.29) is 5.95 Å². The number of rotatable bonds is 2. The Hall–Kier alpha value is -2.15. The number of nitrogen functional groups attached to an aromatic ring is 1. The van der Waals surface area contributed by atoms with Crippen LogP contribution in [-0.4, -0.2) is 19.7 Å². The van der Waals surface area contributed by atoms with Gasteiger partial charge in [0.05, 0.1) is 17.3 Å². The molecular weight excluding hydrogens is 236 g/mol. The number of hydrogen-bond acceptors (Lipinski definition) is 6. The second kappa shape index (κ2) is 3.70. The highest BCUT2D eigenvalue weighted by Gasteiger charge is 2.08. The van der Waals surface area contributed by atoms with Crippen LogP contribution in [0.4, 0.5) is 17.5 Å². The standard InChI is InChI=1S/C10H10N6S/c1-16-5-6(4-12-16)13-8-7-2-3-17-9(7)15-10(11)14-8/h2-5H,1H3,(H3,11,13,14,15). The van der Waals surface area contributed by atoms with Crippen molar-refractivity contribution in [2.24, 2.45) is 7.05 Å². The molecule has 17 heavy (non-hydrogen) atoms. The highest BCUT2D eigenvalue weighted by Crippen LogP contribution is 2.27. The Morgan fingerprint density at radius 1 is 1.41 bits per heavy atom. The van der Waals surface area contributed by atoms with E-state index in [1.165, 1.54) is 11.3 Å². The SMILES string of the molecule is Cn1cc(Nc2nc(N)nc3sccc23)cn1. The average molecular weight is 246 g/mol. The van der Waals surface area contributed by atoms with E-state index in [1.54, 1.807) is 10.9 Å². The molecule has 3 aromatic heterocycles. The van der Waals surface area contributed by atoms with Crippen LogP contribution in [0.3, 0.4) is 0 Å². The third-order valence-electron chi connectivity index (χ3n) is 2.31. The highest BCUT2D eigenvalue weighted by molar-refractivity contribution is 7.16. The molecule has 3 N–H and O–H groups in total. The molecule has 0 saturated carbocycles. The summed E-state index contributed by atoms with van der Waals surface area (Å²) in [5.74, 6) is 0.980. The number of anilines is 3. The molecular formula is C10H10N6S. The molecule has 86 valence electrons. The molecule has 0 fully saturated rings. The molecule has 3 rings (SSSR count). The van der Waals surface area contributed by atoms with Crippen LogP contribution in [0.5, 0.6) is 0 Å². The van der Waals surface area contributed by atoms with Gasteiger partial charge < -0.3 is 11.1 Å². The van der Waals surface area contributed by atoms with E-state index < -0.39 is 0 Å². The predicted octanol–water partition coefficient (Wildman–Crippen LogP) is 1.75. The molecule has 3 aromatic rings. The first-order valence-corrected chi connectivity index (χ1v) is 5.87. The fourth-order valence-corrected chi connectivity index (χ4v) is 2.36. The van der Waals surface area contributed by atoms with Gasteiger partial charge in [-0.05, 0) is 11.4 Å². The van der Waals surface area contributed by atoms with Crippen LogP contribution >= 0.6 is 11.3 Å². The summed E-state index contributed by atoms with van der Waals surface area (Å²) in [7, 11) is 1.86. The van der Waals surface area contributed by atoms with Gasteiger partial charge in [-0.15, -0.1) is 11.3 Å². The molecule has 0 aliphatic heterocycles. The van der Waals surface area contributed by atoms with Gasteiger partial charge in [0.2, 0.25) is 5.95 Å². The maximum Gasteiger partial charge on any atom is 0.223 e. The van der Waals surface area contributed by atoms with Crippen molar-refractivity contribution in [1.29, 1.82) is 0 Å². The summed E-state index contributed by atoms with van der Waals surface area (Å²) in [4.78, 5) is 9.25. The first kappa shape index (κ1) is 10.0. The van der Waals surface area contributed by atoms with Crippen LogP contribution in [0.1, 0.15) is 0 Å². The monoisotopic (exact) mass is 246 g/mol. The predicted molar refractivity (Wildman–Crippen MR) is 68.3 cm³/mol. The van der Waals surface area contributed by atoms with E-state index in [4.69, 9.17) is 5.73 Å². The van der Waals surface area contributed by atoms with E-state index in [0.717, 1.165) is 15.9 Å². The van der Waals surface area contributed by atoms with Crippen molar-refractivity contribution < 1.29 is 0 Å². The Bertz CT molecular complexity index is 670. The Kier molecular flexibility index (Phi) is 2.19. The fourth-order valence-electron chi connectivity index (χ4n) is 1.59. The lowest BCUT2D eigenvalue weighted by atomic mass is 10.3. The van der Waals surface area contributed by atoms with Crippen molar-refractivity contribution in [3.8, 4) is 0 Å². The first-order chi connectivity index (χ1) is 8.22. The molecule has 0 unspecified atom stereocenters. The summed E-state index contributed by atoms with van der Waals surface area (Å²) in [5.41, 5.74) is 6.54. The summed E-state index contributed by atoms with van der Waals surface area (Å²) >= 11 is 1.54. The zero-order valence-electron chi connectivity index (χ0n) is 9.08.